The van der Waals surface area contributed by atoms with E-state index in [2.05, 4.69) is 4.74 Å². The van der Waals surface area contributed by atoms with E-state index in [4.69, 9.17) is 11.6 Å². The summed E-state index contributed by atoms with van der Waals surface area (Å²) in [6.07, 6.45) is -4.79. The Balaban J connectivity index is 3.40. The number of H-pyrrole nitrogens is 1. The molecular weight excluding hydrogens is 251 g/mol. The molecule has 0 aliphatic rings. The van der Waals surface area contributed by atoms with Crippen LogP contribution in [-0.2, 0) is 10.9 Å². The number of ether oxygens (including phenoxy) is 1. The number of rotatable bonds is 1. The van der Waals surface area contributed by atoms with Crippen molar-refractivity contribution in [2.45, 2.75) is 6.18 Å². The predicted octanol–water partition coefficient (Wildman–Crippen LogP) is 1.83. The van der Waals surface area contributed by atoms with Gasteiger partial charge in [0.2, 0.25) is 0 Å². The number of methoxy groups -OCH3 is 1. The van der Waals surface area contributed by atoms with Crippen LogP contribution in [0, 0.1) is 0 Å². The number of hydrogen-bond acceptors (Lipinski definition) is 3. The van der Waals surface area contributed by atoms with Gasteiger partial charge in [0.05, 0.1) is 12.1 Å². The lowest BCUT2D eigenvalue weighted by Gasteiger charge is -2.08. The molecule has 1 heterocycles. The van der Waals surface area contributed by atoms with E-state index in [9.17, 15) is 22.8 Å². The molecule has 0 amide bonds. The summed E-state index contributed by atoms with van der Waals surface area (Å²) >= 11 is 5.29. The average Bonchev–Trinajstić information content (AvgIpc) is 2.18. The topological polar surface area (TPSA) is 59.2 Å². The van der Waals surface area contributed by atoms with E-state index in [1.807, 2.05) is 0 Å². The summed E-state index contributed by atoms with van der Waals surface area (Å²) in [6.45, 7) is 0. The lowest BCUT2D eigenvalue weighted by atomic mass is 10.2. The Morgan fingerprint density at radius 1 is 1.50 bits per heavy atom. The molecule has 8 heteroatoms. The fraction of sp³-hybridized carbons (Fsp3) is 0.250. The van der Waals surface area contributed by atoms with Crippen molar-refractivity contribution in [2.24, 2.45) is 0 Å². The quantitative estimate of drug-likeness (QED) is 0.779. The minimum atomic E-state index is -4.79. The molecule has 0 aliphatic heterocycles. The Kier molecular flexibility index (Phi) is 3.27. The molecular formula is C8H5ClF3NO3. The standard InChI is InChI=1S/C8H5ClF3NO3/c1-16-7(15)3-2-4(9)5(8(10,11)12)13-6(3)14/h2H,1H3,(H,13,14). The highest BCUT2D eigenvalue weighted by Gasteiger charge is 2.35. The minimum absolute atomic E-state index is 0.583. The van der Waals surface area contributed by atoms with E-state index < -0.39 is 34.0 Å². The molecule has 0 saturated heterocycles. The van der Waals surface area contributed by atoms with Crippen LogP contribution in [-0.4, -0.2) is 18.1 Å². The fourth-order valence-corrected chi connectivity index (χ4v) is 1.24. The van der Waals surface area contributed by atoms with Gasteiger partial charge in [-0.15, -0.1) is 0 Å². The maximum absolute atomic E-state index is 12.3. The summed E-state index contributed by atoms with van der Waals surface area (Å²) < 4.78 is 41.0. The third-order valence-corrected chi connectivity index (χ3v) is 1.98. The van der Waals surface area contributed by atoms with Crippen molar-refractivity contribution in [3.63, 3.8) is 0 Å². The number of aromatic nitrogens is 1. The molecule has 0 saturated carbocycles. The smallest absolute Gasteiger partial charge is 0.432 e. The molecule has 1 rings (SSSR count). The van der Waals surface area contributed by atoms with Gasteiger partial charge in [0.1, 0.15) is 11.3 Å². The van der Waals surface area contributed by atoms with Gasteiger partial charge in [-0.2, -0.15) is 13.2 Å². The molecule has 88 valence electrons. The molecule has 0 radical (unpaired) electrons. The molecule has 16 heavy (non-hydrogen) atoms. The van der Waals surface area contributed by atoms with Gasteiger partial charge in [-0.25, -0.2) is 4.79 Å². The number of alkyl halides is 3. The largest absolute Gasteiger partial charge is 0.465 e. The van der Waals surface area contributed by atoms with Gasteiger partial charge in [0.25, 0.3) is 5.56 Å². The summed E-state index contributed by atoms with van der Waals surface area (Å²) in [5.74, 6) is -1.06. The number of carbonyl (C=O) groups is 1. The van der Waals surface area contributed by atoms with Crippen LogP contribution < -0.4 is 5.56 Å². The van der Waals surface area contributed by atoms with Crippen molar-refractivity contribution in [1.29, 1.82) is 0 Å². The first-order chi connectivity index (χ1) is 7.27. The van der Waals surface area contributed by atoms with Crippen LogP contribution in [0.3, 0.4) is 0 Å². The maximum atomic E-state index is 12.3. The van der Waals surface area contributed by atoms with Crippen LogP contribution in [0.2, 0.25) is 5.02 Å². The first kappa shape index (κ1) is 12.6. The Morgan fingerprint density at radius 2 is 2.06 bits per heavy atom. The number of nitrogens with one attached hydrogen (secondary N) is 1. The number of carbonyl (C=O) groups excluding carboxylic acids is 1. The van der Waals surface area contributed by atoms with Gasteiger partial charge in [0.15, 0.2) is 0 Å². The highest BCUT2D eigenvalue weighted by molar-refractivity contribution is 6.31. The zero-order valence-corrected chi connectivity index (χ0v) is 8.57. The van der Waals surface area contributed by atoms with Crippen molar-refractivity contribution < 1.29 is 22.7 Å². The third kappa shape index (κ3) is 2.35. The van der Waals surface area contributed by atoms with Gasteiger partial charge in [-0.05, 0) is 6.07 Å². The Labute approximate surface area is 92.0 Å². The Morgan fingerprint density at radius 3 is 2.50 bits per heavy atom. The minimum Gasteiger partial charge on any atom is -0.465 e. The zero-order valence-electron chi connectivity index (χ0n) is 7.81. The molecule has 1 aromatic heterocycles. The van der Waals surface area contributed by atoms with E-state index in [1.54, 1.807) is 0 Å². The second-order valence-electron chi connectivity index (χ2n) is 2.72. The van der Waals surface area contributed by atoms with Crippen LogP contribution in [0.15, 0.2) is 10.9 Å². The fourth-order valence-electron chi connectivity index (χ4n) is 0.973. The summed E-state index contributed by atoms with van der Waals surface area (Å²) in [4.78, 5) is 23.6. The third-order valence-electron chi connectivity index (χ3n) is 1.68. The zero-order chi connectivity index (χ0) is 12.5. The van der Waals surface area contributed by atoms with Crippen LogP contribution in [0.1, 0.15) is 16.1 Å². The van der Waals surface area contributed by atoms with E-state index >= 15 is 0 Å². The Hall–Kier alpha value is -1.50. The van der Waals surface area contributed by atoms with Crippen molar-refractivity contribution in [1.82, 2.24) is 4.98 Å². The van der Waals surface area contributed by atoms with E-state index in [0.717, 1.165) is 7.11 Å². The second-order valence-corrected chi connectivity index (χ2v) is 3.13. The van der Waals surface area contributed by atoms with Crippen LogP contribution >= 0.6 is 11.6 Å². The van der Waals surface area contributed by atoms with Gasteiger partial charge >= 0.3 is 12.1 Å². The summed E-state index contributed by atoms with van der Waals surface area (Å²) in [6, 6.07) is 0.620. The molecule has 4 nitrogen and oxygen atoms in total. The monoisotopic (exact) mass is 255 g/mol. The number of pyridine rings is 1. The van der Waals surface area contributed by atoms with Crippen molar-refractivity contribution in [2.75, 3.05) is 7.11 Å². The highest BCUT2D eigenvalue weighted by Crippen LogP contribution is 2.32. The van der Waals surface area contributed by atoms with E-state index in [-0.39, 0.29) is 0 Å². The molecule has 0 bridgehead atoms. The number of hydrogen-bond donors (Lipinski definition) is 1. The molecule has 0 aromatic carbocycles. The van der Waals surface area contributed by atoms with Crippen molar-refractivity contribution >= 4 is 17.6 Å². The number of esters is 1. The number of aromatic amines is 1. The van der Waals surface area contributed by atoms with Gasteiger partial charge < -0.3 is 9.72 Å². The van der Waals surface area contributed by atoms with Crippen LogP contribution in [0.5, 0.6) is 0 Å². The van der Waals surface area contributed by atoms with E-state index in [1.165, 1.54) is 4.98 Å². The first-order valence-corrected chi connectivity index (χ1v) is 4.23. The van der Waals surface area contributed by atoms with Crippen LogP contribution in [0.25, 0.3) is 0 Å². The molecule has 1 aromatic rings. The molecule has 0 unspecified atom stereocenters. The summed E-state index contributed by atoms with van der Waals surface area (Å²) in [7, 11) is 0.993. The molecule has 0 spiro atoms. The normalized spacial score (nSPS) is 11.3. The van der Waals surface area contributed by atoms with E-state index in [0.29, 0.717) is 6.07 Å². The first-order valence-electron chi connectivity index (χ1n) is 3.85. The van der Waals surface area contributed by atoms with Gasteiger partial charge in [-0.3, -0.25) is 4.79 Å². The van der Waals surface area contributed by atoms with Gasteiger partial charge in [0, 0.05) is 0 Å². The van der Waals surface area contributed by atoms with Gasteiger partial charge in [-0.1, -0.05) is 11.6 Å². The summed E-state index contributed by atoms with van der Waals surface area (Å²) in [5, 5.41) is -0.771. The molecule has 0 aliphatic carbocycles. The average molecular weight is 256 g/mol. The molecule has 1 N–H and O–H groups in total. The van der Waals surface area contributed by atoms with Crippen molar-refractivity contribution in [3.05, 3.63) is 32.7 Å². The molecule has 0 atom stereocenters. The SMILES string of the molecule is COC(=O)c1cc(Cl)c(C(F)(F)F)[nH]c1=O. The predicted molar refractivity (Wildman–Crippen MR) is 48.4 cm³/mol. The maximum Gasteiger partial charge on any atom is 0.432 e. The Bertz CT molecular complexity index is 480. The lowest BCUT2D eigenvalue weighted by molar-refractivity contribution is -0.141. The lowest BCUT2D eigenvalue weighted by Crippen LogP contribution is -2.23. The van der Waals surface area contributed by atoms with Crippen molar-refractivity contribution in [3.8, 4) is 0 Å². The number of halogens is 4. The second kappa shape index (κ2) is 4.17. The van der Waals surface area contributed by atoms with Crippen LogP contribution in [0.4, 0.5) is 13.2 Å². The molecule has 0 fully saturated rings. The highest BCUT2D eigenvalue weighted by atomic mass is 35.5. The summed E-state index contributed by atoms with van der Waals surface area (Å²) in [5.41, 5.74) is -3.18.